The number of aryl methyl sites for hydroxylation is 2. The first-order valence-corrected chi connectivity index (χ1v) is 3.80. The molecule has 2 rings (SSSR count). The lowest BCUT2D eigenvalue weighted by Crippen LogP contribution is -1.99. The number of hydrogen-bond donors (Lipinski definition) is 2. The lowest BCUT2D eigenvalue weighted by atomic mass is 10.4. The van der Waals surface area contributed by atoms with E-state index in [-0.39, 0.29) is 0 Å². The molecule has 0 saturated heterocycles. The van der Waals surface area contributed by atoms with Gasteiger partial charge < -0.3 is 10.7 Å². The second kappa shape index (κ2) is 2.31. The summed E-state index contributed by atoms with van der Waals surface area (Å²) in [5.41, 5.74) is 8.26. The number of imidazole rings is 1. The number of aromatic amines is 1. The van der Waals surface area contributed by atoms with Crippen molar-refractivity contribution >= 4 is 11.2 Å². The Morgan fingerprint density at radius 3 is 2.92 bits per heavy atom. The summed E-state index contributed by atoms with van der Waals surface area (Å²) in [4.78, 5) is 7.39. The Hall–Kier alpha value is -1.36. The molecule has 2 heterocycles. The number of nitrogens with zero attached hydrogens (tertiary/aromatic N) is 3. The molecular formula is C7H11N5. The second-order valence-corrected chi connectivity index (χ2v) is 2.80. The van der Waals surface area contributed by atoms with Crippen LogP contribution in [-0.4, -0.2) is 19.7 Å². The topological polar surface area (TPSA) is 72.5 Å². The Morgan fingerprint density at radius 2 is 2.33 bits per heavy atom. The van der Waals surface area contributed by atoms with Crippen LogP contribution in [-0.2, 0) is 13.6 Å². The van der Waals surface area contributed by atoms with E-state index in [4.69, 9.17) is 5.73 Å². The molecular weight excluding hydrogens is 154 g/mol. The highest BCUT2D eigenvalue weighted by Gasteiger charge is 2.08. The van der Waals surface area contributed by atoms with Gasteiger partial charge in [-0.2, -0.15) is 5.10 Å². The summed E-state index contributed by atoms with van der Waals surface area (Å²) in [6, 6.07) is 0. The zero-order chi connectivity index (χ0) is 8.72. The fourth-order valence-electron chi connectivity index (χ4n) is 1.32. The fraction of sp³-hybridized carbons (Fsp3) is 0.429. The molecule has 0 spiro atoms. The van der Waals surface area contributed by atoms with Gasteiger partial charge in [-0.05, 0) is 6.92 Å². The molecule has 0 aliphatic rings. The van der Waals surface area contributed by atoms with Gasteiger partial charge in [0.15, 0.2) is 5.65 Å². The van der Waals surface area contributed by atoms with Crippen molar-refractivity contribution < 1.29 is 0 Å². The molecule has 5 heteroatoms. The van der Waals surface area contributed by atoms with Crippen molar-refractivity contribution in [1.29, 1.82) is 0 Å². The Kier molecular flexibility index (Phi) is 1.41. The van der Waals surface area contributed by atoms with E-state index in [0.717, 1.165) is 22.7 Å². The van der Waals surface area contributed by atoms with Crippen LogP contribution in [0.5, 0.6) is 0 Å². The molecule has 2 aromatic rings. The number of nitrogens with two attached hydrogens (primary N) is 1. The van der Waals surface area contributed by atoms with E-state index in [1.807, 2.05) is 14.0 Å². The summed E-state index contributed by atoms with van der Waals surface area (Å²) < 4.78 is 1.75. The molecule has 0 radical (unpaired) electrons. The van der Waals surface area contributed by atoms with E-state index < -0.39 is 0 Å². The van der Waals surface area contributed by atoms with Crippen molar-refractivity contribution in [2.24, 2.45) is 12.8 Å². The molecule has 0 aliphatic heterocycles. The summed E-state index contributed by atoms with van der Waals surface area (Å²) in [7, 11) is 1.87. The number of nitrogens with one attached hydrogen (secondary N) is 1. The van der Waals surface area contributed by atoms with Crippen LogP contribution < -0.4 is 5.73 Å². The summed E-state index contributed by atoms with van der Waals surface area (Å²) in [5, 5.41) is 4.21. The smallest absolute Gasteiger partial charge is 0.176 e. The van der Waals surface area contributed by atoms with Crippen molar-refractivity contribution in [2.75, 3.05) is 0 Å². The van der Waals surface area contributed by atoms with Gasteiger partial charge in [-0.3, -0.25) is 0 Å². The van der Waals surface area contributed by atoms with Gasteiger partial charge >= 0.3 is 0 Å². The predicted octanol–water partition coefficient (Wildman–Crippen LogP) is 0.0635. The minimum absolute atomic E-state index is 0.439. The first kappa shape index (κ1) is 7.30. The van der Waals surface area contributed by atoms with Crippen LogP contribution in [0.3, 0.4) is 0 Å². The minimum Gasteiger partial charge on any atom is -0.338 e. The quantitative estimate of drug-likeness (QED) is 0.627. The van der Waals surface area contributed by atoms with E-state index in [1.165, 1.54) is 0 Å². The zero-order valence-electron chi connectivity index (χ0n) is 7.13. The lowest BCUT2D eigenvalue weighted by molar-refractivity contribution is 0.768. The standard InChI is InChI=1S/C7H11N5/c1-4-6-7(12(2)11-4)10-5(3-8)9-6/h3,8H2,1-2H3,(H,9,10). The van der Waals surface area contributed by atoms with Crippen LogP contribution in [0.1, 0.15) is 11.5 Å². The molecule has 0 atom stereocenters. The third-order valence-electron chi connectivity index (χ3n) is 1.90. The molecule has 0 aliphatic carbocycles. The lowest BCUT2D eigenvalue weighted by Gasteiger charge is -1.87. The van der Waals surface area contributed by atoms with E-state index in [9.17, 15) is 0 Å². The Labute approximate surface area is 69.6 Å². The second-order valence-electron chi connectivity index (χ2n) is 2.80. The normalized spacial score (nSPS) is 11.2. The largest absolute Gasteiger partial charge is 0.338 e. The monoisotopic (exact) mass is 165 g/mol. The average molecular weight is 165 g/mol. The third kappa shape index (κ3) is 0.831. The van der Waals surface area contributed by atoms with Crippen molar-refractivity contribution in [3.8, 4) is 0 Å². The number of H-pyrrole nitrogens is 1. The van der Waals surface area contributed by atoms with Crippen LogP contribution in [0.2, 0.25) is 0 Å². The molecule has 0 unspecified atom stereocenters. The number of aromatic nitrogens is 4. The molecule has 12 heavy (non-hydrogen) atoms. The fourth-order valence-corrected chi connectivity index (χ4v) is 1.32. The van der Waals surface area contributed by atoms with Gasteiger partial charge in [-0.25, -0.2) is 9.67 Å². The van der Waals surface area contributed by atoms with Crippen LogP contribution in [0, 0.1) is 6.92 Å². The molecule has 2 aromatic heterocycles. The van der Waals surface area contributed by atoms with Crippen molar-refractivity contribution in [1.82, 2.24) is 19.7 Å². The molecule has 0 aromatic carbocycles. The van der Waals surface area contributed by atoms with E-state index >= 15 is 0 Å². The van der Waals surface area contributed by atoms with E-state index in [1.54, 1.807) is 4.68 Å². The number of fused-ring (bicyclic) bond motifs is 1. The van der Waals surface area contributed by atoms with E-state index in [2.05, 4.69) is 15.1 Å². The van der Waals surface area contributed by atoms with Crippen LogP contribution in [0.15, 0.2) is 0 Å². The first-order valence-electron chi connectivity index (χ1n) is 3.80. The average Bonchev–Trinajstić information content (AvgIpc) is 2.55. The Balaban J connectivity index is 2.75. The highest BCUT2D eigenvalue weighted by atomic mass is 15.3. The van der Waals surface area contributed by atoms with Gasteiger partial charge in [0.1, 0.15) is 11.3 Å². The number of hydrogen-bond acceptors (Lipinski definition) is 3. The maximum atomic E-state index is 5.45. The summed E-state index contributed by atoms with van der Waals surface area (Å²) in [5.74, 6) is 0.807. The molecule has 64 valence electrons. The molecule has 5 nitrogen and oxygen atoms in total. The maximum absolute atomic E-state index is 5.45. The van der Waals surface area contributed by atoms with Crippen LogP contribution in [0.4, 0.5) is 0 Å². The van der Waals surface area contributed by atoms with Gasteiger partial charge in [0, 0.05) is 7.05 Å². The zero-order valence-corrected chi connectivity index (χ0v) is 7.13. The first-order chi connectivity index (χ1) is 5.72. The Morgan fingerprint density at radius 1 is 1.58 bits per heavy atom. The van der Waals surface area contributed by atoms with Crippen molar-refractivity contribution in [2.45, 2.75) is 13.5 Å². The van der Waals surface area contributed by atoms with Gasteiger partial charge in [-0.15, -0.1) is 0 Å². The molecule has 0 saturated carbocycles. The third-order valence-corrected chi connectivity index (χ3v) is 1.90. The van der Waals surface area contributed by atoms with Crippen LogP contribution >= 0.6 is 0 Å². The Bertz CT molecular complexity index is 376. The van der Waals surface area contributed by atoms with Crippen molar-refractivity contribution in [3.05, 3.63) is 11.5 Å². The van der Waals surface area contributed by atoms with Crippen molar-refractivity contribution in [3.63, 3.8) is 0 Å². The maximum Gasteiger partial charge on any atom is 0.176 e. The SMILES string of the molecule is Cc1nn(C)c2nc(CN)[nH]c12. The predicted molar refractivity (Wildman–Crippen MR) is 45.5 cm³/mol. The van der Waals surface area contributed by atoms with Gasteiger partial charge in [0.05, 0.1) is 12.2 Å². The highest BCUT2D eigenvalue weighted by Crippen LogP contribution is 2.13. The molecule has 0 fully saturated rings. The molecule has 0 bridgehead atoms. The van der Waals surface area contributed by atoms with Gasteiger partial charge in [0.2, 0.25) is 0 Å². The van der Waals surface area contributed by atoms with Gasteiger partial charge in [-0.1, -0.05) is 0 Å². The van der Waals surface area contributed by atoms with Gasteiger partial charge in [0.25, 0.3) is 0 Å². The summed E-state index contributed by atoms with van der Waals surface area (Å²) in [6.07, 6.45) is 0. The summed E-state index contributed by atoms with van der Waals surface area (Å²) in [6.45, 7) is 2.38. The van der Waals surface area contributed by atoms with E-state index in [0.29, 0.717) is 6.54 Å². The molecule has 3 N–H and O–H groups in total. The number of rotatable bonds is 1. The van der Waals surface area contributed by atoms with Crippen LogP contribution in [0.25, 0.3) is 11.2 Å². The highest BCUT2D eigenvalue weighted by molar-refractivity contribution is 5.74. The molecule has 0 amide bonds. The minimum atomic E-state index is 0.439. The summed E-state index contributed by atoms with van der Waals surface area (Å²) >= 11 is 0.